The summed E-state index contributed by atoms with van der Waals surface area (Å²) in [4.78, 5) is 32.4. The predicted molar refractivity (Wildman–Crippen MR) is 171 cm³/mol. The third-order valence-electron chi connectivity index (χ3n) is 8.55. The molecule has 0 spiro atoms. The summed E-state index contributed by atoms with van der Waals surface area (Å²) in [6.45, 7) is 2.80. The highest BCUT2D eigenvalue weighted by atomic mass is 32.2. The van der Waals surface area contributed by atoms with Crippen molar-refractivity contribution in [3.8, 4) is 0 Å². The third-order valence-corrected chi connectivity index (χ3v) is 11.1. The first-order valence-corrected chi connectivity index (χ1v) is 17.9. The van der Waals surface area contributed by atoms with Gasteiger partial charge in [-0.25, -0.2) is 13.4 Å². The Balaban J connectivity index is 1.46. The standard InChI is InChI=1S/C32H41FN4O6S2/c1-2-43-30(39)8-7-22-15-24-16-23(20-38)19-34-31(24)28(17-22)45(41,42)36-26(18-29-35-25-5-3-4-6-27(25)44-29)32(40)37-13-10-21(9-12-33)11-14-37/h3-6,15,17,21,23,26,34,36,38H,2,7-14,16,18-20H2,1H3/t23-,26-/m0/s1. The second-order valence-electron chi connectivity index (χ2n) is 11.8. The minimum Gasteiger partial charge on any atom is -0.466 e. The molecule has 10 nitrogen and oxygen atoms in total. The summed E-state index contributed by atoms with van der Waals surface area (Å²) in [7, 11) is -4.26. The molecule has 0 unspecified atom stereocenters. The number of sulfonamides is 1. The quantitative estimate of drug-likeness (QED) is 0.235. The zero-order chi connectivity index (χ0) is 32.0. The van der Waals surface area contributed by atoms with E-state index in [1.165, 1.54) is 11.3 Å². The number of rotatable bonds is 13. The number of amides is 1. The summed E-state index contributed by atoms with van der Waals surface area (Å²) in [5.41, 5.74) is 2.59. The van der Waals surface area contributed by atoms with E-state index in [9.17, 15) is 27.5 Å². The summed E-state index contributed by atoms with van der Waals surface area (Å²) in [6.07, 6.45) is 2.72. The van der Waals surface area contributed by atoms with Crippen molar-refractivity contribution in [3.05, 3.63) is 52.5 Å². The lowest BCUT2D eigenvalue weighted by atomic mass is 9.92. The van der Waals surface area contributed by atoms with Gasteiger partial charge in [-0.2, -0.15) is 4.72 Å². The van der Waals surface area contributed by atoms with Crippen LogP contribution in [0.5, 0.6) is 0 Å². The van der Waals surface area contributed by atoms with Crippen molar-refractivity contribution in [2.24, 2.45) is 11.8 Å². The average Bonchev–Trinajstić information content (AvgIpc) is 3.45. The van der Waals surface area contributed by atoms with E-state index >= 15 is 0 Å². The van der Waals surface area contributed by atoms with Crippen LogP contribution in [-0.4, -0.2) is 80.8 Å². The number of hydrogen-bond acceptors (Lipinski definition) is 9. The number of aliphatic hydroxyl groups excluding tert-OH is 1. The van der Waals surface area contributed by atoms with Crippen LogP contribution in [0.1, 0.15) is 48.7 Å². The number of benzene rings is 2. The third kappa shape index (κ3) is 8.18. The molecule has 0 saturated carbocycles. The number of para-hydroxylation sites is 1. The first-order valence-electron chi connectivity index (χ1n) is 15.6. The maximum Gasteiger partial charge on any atom is 0.306 e. The molecule has 0 bridgehead atoms. The van der Waals surface area contributed by atoms with Gasteiger partial charge in [0.25, 0.3) is 0 Å². The van der Waals surface area contributed by atoms with Crippen LogP contribution in [0, 0.1) is 11.8 Å². The second-order valence-corrected chi connectivity index (χ2v) is 14.6. The van der Waals surface area contributed by atoms with Gasteiger partial charge in [0.15, 0.2) is 0 Å². The van der Waals surface area contributed by atoms with E-state index in [2.05, 4.69) is 15.0 Å². The van der Waals surface area contributed by atoms with Gasteiger partial charge < -0.3 is 20.1 Å². The number of nitrogens with zero attached hydrogens (tertiary/aromatic N) is 2. The Morgan fingerprint density at radius 3 is 2.71 bits per heavy atom. The van der Waals surface area contributed by atoms with Gasteiger partial charge in [0, 0.05) is 45.0 Å². The van der Waals surface area contributed by atoms with Crippen LogP contribution >= 0.6 is 11.3 Å². The highest BCUT2D eigenvalue weighted by Crippen LogP contribution is 2.34. The van der Waals surface area contributed by atoms with Gasteiger partial charge in [0.2, 0.25) is 15.9 Å². The highest BCUT2D eigenvalue weighted by Gasteiger charge is 2.35. The summed E-state index contributed by atoms with van der Waals surface area (Å²) >= 11 is 1.42. The van der Waals surface area contributed by atoms with Crippen LogP contribution in [-0.2, 0) is 43.6 Å². The Morgan fingerprint density at radius 1 is 1.22 bits per heavy atom. The summed E-state index contributed by atoms with van der Waals surface area (Å²) in [5, 5.41) is 13.6. The van der Waals surface area contributed by atoms with Gasteiger partial charge in [-0.1, -0.05) is 18.2 Å². The van der Waals surface area contributed by atoms with E-state index in [1.54, 1.807) is 17.9 Å². The molecule has 3 aromatic rings. The molecule has 244 valence electrons. The molecule has 3 N–H and O–H groups in total. The largest absolute Gasteiger partial charge is 0.466 e. The van der Waals surface area contributed by atoms with Crippen molar-refractivity contribution >= 4 is 49.1 Å². The fourth-order valence-corrected chi connectivity index (χ4v) is 8.60. The van der Waals surface area contributed by atoms with Crippen molar-refractivity contribution in [1.82, 2.24) is 14.6 Å². The molecule has 2 aliphatic rings. The van der Waals surface area contributed by atoms with Crippen molar-refractivity contribution in [1.29, 1.82) is 0 Å². The maximum atomic E-state index is 14.2. The number of thiazole rings is 1. The minimum absolute atomic E-state index is 0.000924. The number of halogens is 1. The number of nitrogens with one attached hydrogen (secondary N) is 2. The fourth-order valence-electron chi connectivity index (χ4n) is 6.12. The zero-order valence-corrected chi connectivity index (χ0v) is 27.1. The molecule has 2 atom stereocenters. The molecule has 0 radical (unpaired) electrons. The van der Waals surface area contributed by atoms with Crippen LogP contribution in [0.15, 0.2) is 41.3 Å². The Labute approximate surface area is 267 Å². The summed E-state index contributed by atoms with van der Waals surface area (Å²) in [5.74, 6) is -0.593. The number of aromatic nitrogens is 1. The molecule has 2 aromatic carbocycles. The molecule has 13 heteroatoms. The molecule has 1 amide bonds. The lowest BCUT2D eigenvalue weighted by Gasteiger charge is -2.34. The van der Waals surface area contributed by atoms with Crippen LogP contribution < -0.4 is 10.0 Å². The number of aliphatic hydroxyl groups is 1. The fraction of sp³-hybridized carbons (Fsp3) is 0.531. The van der Waals surface area contributed by atoms with E-state index in [0.717, 1.165) is 15.8 Å². The number of likely N-dealkylation sites (tertiary alicyclic amines) is 1. The number of fused-ring (bicyclic) bond motifs is 2. The van der Waals surface area contributed by atoms with Gasteiger partial charge in [0.1, 0.15) is 10.9 Å². The summed E-state index contributed by atoms with van der Waals surface area (Å²) < 4.78 is 50.1. The minimum atomic E-state index is -4.26. The van der Waals surface area contributed by atoms with Crippen LogP contribution in [0.2, 0.25) is 0 Å². The number of carbonyl (C=O) groups excluding carboxylic acids is 2. The number of hydrogen-bond donors (Lipinski definition) is 3. The van der Waals surface area contributed by atoms with E-state index in [-0.39, 0.29) is 61.1 Å². The maximum absolute atomic E-state index is 14.2. The molecular weight excluding hydrogens is 620 g/mol. The Kier molecular flexibility index (Phi) is 11.1. The van der Waals surface area contributed by atoms with E-state index in [4.69, 9.17) is 4.74 Å². The van der Waals surface area contributed by atoms with Gasteiger partial charge in [-0.05, 0) is 74.3 Å². The van der Waals surface area contributed by atoms with E-state index in [0.29, 0.717) is 61.6 Å². The number of aryl methyl sites for hydroxylation is 1. The molecule has 1 fully saturated rings. The first kappa shape index (κ1) is 33.2. The lowest BCUT2D eigenvalue weighted by Crippen LogP contribution is -2.51. The lowest BCUT2D eigenvalue weighted by molar-refractivity contribution is -0.143. The molecule has 2 aliphatic heterocycles. The van der Waals surface area contributed by atoms with Gasteiger partial charge in [-0.15, -0.1) is 11.3 Å². The Hall–Kier alpha value is -3.13. The monoisotopic (exact) mass is 660 g/mol. The van der Waals surface area contributed by atoms with Crippen LogP contribution in [0.3, 0.4) is 0 Å². The van der Waals surface area contributed by atoms with Crippen molar-refractivity contribution in [2.45, 2.75) is 62.8 Å². The van der Waals surface area contributed by atoms with Crippen LogP contribution in [0.4, 0.5) is 10.1 Å². The van der Waals surface area contributed by atoms with Crippen molar-refractivity contribution in [2.75, 3.05) is 44.8 Å². The van der Waals surface area contributed by atoms with Crippen molar-refractivity contribution < 1.29 is 32.2 Å². The van der Waals surface area contributed by atoms with E-state index in [1.807, 2.05) is 30.3 Å². The topological polar surface area (TPSA) is 138 Å². The van der Waals surface area contributed by atoms with Crippen LogP contribution in [0.25, 0.3) is 10.2 Å². The molecule has 1 saturated heterocycles. The zero-order valence-electron chi connectivity index (χ0n) is 25.5. The second kappa shape index (κ2) is 15.0. The first-order chi connectivity index (χ1) is 21.7. The number of carbonyl (C=O) groups is 2. The molecule has 45 heavy (non-hydrogen) atoms. The van der Waals surface area contributed by atoms with Crippen molar-refractivity contribution in [3.63, 3.8) is 0 Å². The number of anilines is 1. The number of alkyl halides is 1. The number of ether oxygens (including phenoxy) is 1. The molecular formula is C32H41FN4O6S2. The highest BCUT2D eigenvalue weighted by molar-refractivity contribution is 7.89. The van der Waals surface area contributed by atoms with Gasteiger partial charge in [-0.3, -0.25) is 14.0 Å². The normalized spacial score (nSPS) is 17.9. The molecule has 5 rings (SSSR count). The van der Waals surface area contributed by atoms with E-state index < -0.39 is 22.7 Å². The SMILES string of the molecule is CCOC(=O)CCc1cc2c(c(S(=O)(=O)N[C@@H](Cc3nc4ccccc4s3)C(=O)N3CCC(CCF)CC3)c1)NC[C@@H](CO)C2. The Morgan fingerprint density at radius 2 is 2.00 bits per heavy atom. The van der Waals surface area contributed by atoms with Gasteiger partial charge >= 0.3 is 5.97 Å². The summed E-state index contributed by atoms with van der Waals surface area (Å²) in [6, 6.07) is 9.91. The molecule has 3 heterocycles. The molecule has 0 aliphatic carbocycles. The van der Waals surface area contributed by atoms with Gasteiger partial charge in [0.05, 0.1) is 34.2 Å². The molecule has 1 aromatic heterocycles. The Bertz CT molecular complexity index is 1570. The predicted octanol–water partition coefficient (Wildman–Crippen LogP) is 3.86. The number of piperidine rings is 1. The smallest absolute Gasteiger partial charge is 0.306 e. The average molecular weight is 661 g/mol. The number of esters is 1.